The van der Waals surface area contributed by atoms with Gasteiger partial charge >= 0.3 is 0 Å². The van der Waals surface area contributed by atoms with Crippen LogP contribution in [-0.2, 0) is 4.74 Å². The minimum Gasteiger partial charge on any atom is -0.366 e. The summed E-state index contributed by atoms with van der Waals surface area (Å²) in [6.07, 6.45) is 5.99. The molecule has 0 atom stereocenters. The smallest absolute Gasteiger partial charge is 0.0965 e. The lowest BCUT2D eigenvalue weighted by atomic mass is 10.2. The van der Waals surface area contributed by atoms with Crippen molar-refractivity contribution in [1.82, 2.24) is 5.32 Å². The van der Waals surface area contributed by atoms with Gasteiger partial charge < -0.3 is 4.74 Å². The molecule has 0 spiro atoms. The number of hydrogen-bond donors (Lipinski definition) is 1. The molecule has 1 aliphatic rings. The van der Waals surface area contributed by atoms with Gasteiger partial charge in [-0.25, -0.2) is 0 Å². The molecule has 1 saturated heterocycles. The van der Waals surface area contributed by atoms with Crippen LogP contribution in [0.15, 0.2) is 0 Å². The summed E-state index contributed by atoms with van der Waals surface area (Å²) in [5.41, 5.74) is 0. The molecule has 1 N–H and O–H groups in total. The zero-order chi connectivity index (χ0) is 6.36. The van der Waals surface area contributed by atoms with Crippen LogP contribution in [0, 0.1) is 6.42 Å². The van der Waals surface area contributed by atoms with Crippen LogP contribution >= 0.6 is 0 Å². The topological polar surface area (TPSA) is 21.3 Å². The summed E-state index contributed by atoms with van der Waals surface area (Å²) in [7, 11) is 0. The SMILES string of the molecule is [CH]1CCCCNCOC1. The first-order valence-electron chi connectivity index (χ1n) is 3.60. The zero-order valence-electron chi connectivity index (χ0n) is 5.73. The van der Waals surface area contributed by atoms with Gasteiger partial charge in [0, 0.05) is 0 Å². The lowest BCUT2D eigenvalue weighted by Crippen LogP contribution is -2.18. The third-order valence-corrected chi connectivity index (χ3v) is 1.45. The Labute approximate surface area is 56.6 Å². The Morgan fingerprint density at radius 2 is 2.33 bits per heavy atom. The van der Waals surface area contributed by atoms with Gasteiger partial charge in [-0.2, -0.15) is 0 Å². The summed E-state index contributed by atoms with van der Waals surface area (Å²) < 4.78 is 5.19. The van der Waals surface area contributed by atoms with E-state index in [4.69, 9.17) is 4.74 Å². The number of ether oxygens (including phenoxy) is 1. The molecule has 1 aliphatic heterocycles. The van der Waals surface area contributed by atoms with Crippen LogP contribution in [0.2, 0.25) is 0 Å². The third kappa shape index (κ3) is 3.49. The fourth-order valence-corrected chi connectivity index (χ4v) is 0.909. The molecule has 0 aromatic rings. The molecule has 2 heteroatoms. The first-order chi connectivity index (χ1) is 4.50. The summed E-state index contributed by atoms with van der Waals surface area (Å²) >= 11 is 0. The highest BCUT2D eigenvalue weighted by molar-refractivity contribution is 4.64. The van der Waals surface area contributed by atoms with E-state index >= 15 is 0 Å². The van der Waals surface area contributed by atoms with Gasteiger partial charge in [-0.3, -0.25) is 5.32 Å². The summed E-state index contributed by atoms with van der Waals surface area (Å²) in [6, 6.07) is 0. The van der Waals surface area contributed by atoms with E-state index in [0.717, 1.165) is 19.9 Å². The summed E-state index contributed by atoms with van der Waals surface area (Å²) in [5.74, 6) is 0. The maximum Gasteiger partial charge on any atom is 0.0965 e. The fraction of sp³-hybridized carbons (Fsp3) is 0.857. The van der Waals surface area contributed by atoms with Gasteiger partial charge in [-0.05, 0) is 25.8 Å². The molecule has 9 heavy (non-hydrogen) atoms. The molecule has 0 unspecified atom stereocenters. The molecule has 0 bridgehead atoms. The van der Waals surface area contributed by atoms with Crippen molar-refractivity contribution in [2.75, 3.05) is 19.9 Å². The molecule has 2 nitrogen and oxygen atoms in total. The van der Waals surface area contributed by atoms with Gasteiger partial charge in [-0.1, -0.05) is 6.42 Å². The molecular weight excluding hydrogens is 114 g/mol. The standard InChI is InChI=1S/C7H14NO/c1-2-4-6-9-7-8-5-3-1/h4,8H,1-3,5-7H2. The highest BCUT2D eigenvalue weighted by Gasteiger charge is 1.94. The third-order valence-electron chi connectivity index (χ3n) is 1.45. The maximum absolute atomic E-state index is 5.19. The van der Waals surface area contributed by atoms with E-state index in [2.05, 4.69) is 11.7 Å². The molecule has 0 aromatic carbocycles. The second-order valence-corrected chi connectivity index (χ2v) is 2.30. The van der Waals surface area contributed by atoms with E-state index in [1.54, 1.807) is 0 Å². The Balaban J connectivity index is 2.02. The molecule has 1 rings (SSSR count). The Morgan fingerprint density at radius 3 is 3.33 bits per heavy atom. The van der Waals surface area contributed by atoms with Crippen LogP contribution in [0.3, 0.4) is 0 Å². The van der Waals surface area contributed by atoms with Crippen molar-refractivity contribution in [3.63, 3.8) is 0 Å². The van der Waals surface area contributed by atoms with Gasteiger partial charge in [-0.15, -0.1) is 0 Å². The van der Waals surface area contributed by atoms with E-state index < -0.39 is 0 Å². The van der Waals surface area contributed by atoms with E-state index in [9.17, 15) is 0 Å². The van der Waals surface area contributed by atoms with Crippen molar-refractivity contribution in [2.45, 2.75) is 19.3 Å². The fourth-order valence-electron chi connectivity index (χ4n) is 0.909. The van der Waals surface area contributed by atoms with Crippen molar-refractivity contribution < 1.29 is 4.74 Å². The normalized spacial score (nSPS) is 24.0. The Hall–Kier alpha value is -0.0800. The second-order valence-electron chi connectivity index (χ2n) is 2.30. The first-order valence-corrected chi connectivity index (χ1v) is 3.60. The van der Waals surface area contributed by atoms with E-state index in [-0.39, 0.29) is 0 Å². The number of rotatable bonds is 0. The average Bonchev–Trinajstić information content (AvgIpc) is 2.00. The van der Waals surface area contributed by atoms with Crippen LogP contribution < -0.4 is 5.32 Å². The van der Waals surface area contributed by atoms with Gasteiger partial charge in [0.15, 0.2) is 0 Å². The Bertz CT molecular complexity index is 37.4. The minimum atomic E-state index is 0.719. The molecule has 0 aromatic heterocycles. The zero-order valence-corrected chi connectivity index (χ0v) is 5.73. The highest BCUT2D eigenvalue weighted by atomic mass is 16.5. The Morgan fingerprint density at radius 1 is 1.33 bits per heavy atom. The quantitative estimate of drug-likeness (QED) is 0.524. The molecule has 1 heterocycles. The van der Waals surface area contributed by atoms with Crippen molar-refractivity contribution in [1.29, 1.82) is 0 Å². The van der Waals surface area contributed by atoms with Crippen LogP contribution in [0.25, 0.3) is 0 Å². The summed E-state index contributed by atoms with van der Waals surface area (Å²) in [6.45, 7) is 2.64. The summed E-state index contributed by atoms with van der Waals surface area (Å²) in [4.78, 5) is 0. The predicted molar refractivity (Wildman–Crippen MR) is 37.0 cm³/mol. The molecule has 0 aliphatic carbocycles. The van der Waals surface area contributed by atoms with Crippen molar-refractivity contribution in [3.05, 3.63) is 6.42 Å². The second kappa shape index (κ2) is 4.77. The van der Waals surface area contributed by atoms with Crippen LogP contribution in [-0.4, -0.2) is 19.9 Å². The maximum atomic E-state index is 5.19. The van der Waals surface area contributed by atoms with Crippen LogP contribution in [0.1, 0.15) is 19.3 Å². The Kier molecular flexibility index (Phi) is 3.72. The molecule has 0 amide bonds. The van der Waals surface area contributed by atoms with E-state index in [1.165, 1.54) is 19.3 Å². The summed E-state index contributed by atoms with van der Waals surface area (Å²) in [5, 5.41) is 3.18. The van der Waals surface area contributed by atoms with Gasteiger partial charge in [0.2, 0.25) is 0 Å². The minimum absolute atomic E-state index is 0.719. The van der Waals surface area contributed by atoms with Crippen LogP contribution in [0.4, 0.5) is 0 Å². The van der Waals surface area contributed by atoms with Crippen molar-refractivity contribution >= 4 is 0 Å². The monoisotopic (exact) mass is 128 g/mol. The van der Waals surface area contributed by atoms with E-state index in [1.807, 2.05) is 0 Å². The predicted octanol–water partition coefficient (Wildman–Crippen LogP) is 0.938. The number of hydrogen-bond acceptors (Lipinski definition) is 2. The molecule has 1 radical (unpaired) electrons. The van der Waals surface area contributed by atoms with Gasteiger partial charge in [0.25, 0.3) is 0 Å². The lowest BCUT2D eigenvalue weighted by molar-refractivity contribution is 0.136. The van der Waals surface area contributed by atoms with Gasteiger partial charge in [0.05, 0.1) is 13.3 Å². The molecular formula is C7H14NO. The lowest BCUT2D eigenvalue weighted by Gasteiger charge is -2.00. The highest BCUT2D eigenvalue weighted by Crippen LogP contribution is 1.99. The van der Waals surface area contributed by atoms with Crippen molar-refractivity contribution in [3.8, 4) is 0 Å². The largest absolute Gasteiger partial charge is 0.366 e. The molecule has 0 saturated carbocycles. The van der Waals surface area contributed by atoms with E-state index in [0.29, 0.717) is 0 Å². The van der Waals surface area contributed by atoms with Crippen molar-refractivity contribution in [2.24, 2.45) is 0 Å². The molecule has 53 valence electrons. The van der Waals surface area contributed by atoms with Gasteiger partial charge in [0.1, 0.15) is 0 Å². The van der Waals surface area contributed by atoms with Crippen LogP contribution in [0.5, 0.6) is 0 Å². The average molecular weight is 128 g/mol. The molecule has 1 fully saturated rings. The number of nitrogens with one attached hydrogen (secondary N) is 1. The first kappa shape index (κ1) is 7.03.